The molecule has 6 heteroatoms. The number of hydrogen-bond acceptors (Lipinski definition) is 4. The Morgan fingerprint density at radius 3 is 2.80 bits per heavy atom. The number of nitrogens with zero attached hydrogens (tertiary/aromatic N) is 2. The van der Waals surface area contributed by atoms with Crippen LogP contribution in [0.1, 0.15) is 25.7 Å². The molecule has 0 spiro atoms. The average Bonchev–Trinajstić information content (AvgIpc) is 3.31. The number of thiophene rings is 1. The SMILES string of the molecule is O=C(Nc1ccc2c(c1)N(C(=O)c1cccs1)CC2)c1ccccn1. The fourth-order valence-electron chi connectivity index (χ4n) is 2.89. The van der Waals surface area contributed by atoms with Crippen LogP contribution >= 0.6 is 11.3 Å². The summed E-state index contributed by atoms with van der Waals surface area (Å²) in [5, 5.41) is 4.74. The second-order valence-electron chi connectivity index (χ2n) is 5.70. The lowest BCUT2D eigenvalue weighted by Gasteiger charge is -2.17. The zero-order valence-corrected chi connectivity index (χ0v) is 14.1. The maximum atomic E-state index is 12.7. The van der Waals surface area contributed by atoms with Crippen molar-refractivity contribution in [2.45, 2.75) is 6.42 Å². The molecule has 0 aliphatic carbocycles. The van der Waals surface area contributed by atoms with Crippen LogP contribution in [0.15, 0.2) is 60.1 Å². The Morgan fingerprint density at radius 2 is 2.04 bits per heavy atom. The first-order chi connectivity index (χ1) is 12.2. The molecule has 124 valence electrons. The van der Waals surface area contributed by atoms with Crippen molar-refractivity contribution >= 4 is 34.5 Å². The molecule has 0 radical (unpaired) electrons. The second kappa shape index (κ2) is 6.49. The summed E-state index contributed by atoms with van der Waals surface area (Å²) in [5.74, 6) is -0.267. The summed E-state index contributed by atoms with van der Waals surface area (Å²) in [6.45, 7) is 0.656. The van der Waals surface area contributed by atoms with E-state index in [2.05, 4.69) is 10.3 Å². The molecule has 0 saturated carbocycles. The molecular formula is C19H15N3O2S. The highest BCUT2D eigenvalue weighted by Gasteiger charge is 2.26. The van der Waals surface area contributed by atoms with Gasteiger partial charge in [-0.3, -0.25) is 14.6 Å². The molecule has 5 nitrogen and oxygen atoms in total. The number of fused-ring (bicyclic) bond motifs is 1. The first-order valence-corrected chi connectivity index (χ1v) is 8.81. The standard InChI is InChI=1S/C19H15N3O2S/c23-18(15-4-1-2-9-20-15)21-14-7-6-13-8-10-22(16(13)12-14)19(24)17-5-3-11-25-17/h1-7,9,11-12H,8,10H2,(H,21,23). The molecule has 0 saturated heterocycles. The minimum absolute atomic E-state index is 0.00181. The van der Waals surface area contributed by atoms with Gasteiger partial charge in [0, 0.05) is 24.1 Å². The van der Waals surface area contributed by atoms with E-state index in [1.165, 1.54) is 11.3 Å². The minimum Gasteiger partial charge on any atom is -0.321 e. The minimum atomic E-state index is -0.269. The number of rotatable bonds is 3. The summed E-state index contributed by atoms with van der Waals surface area (Å²) in [6, 6.07) is 14.6. The average molecular weight is 349 g/mol. The van der Waals surface area contributed by atoms with Crippen molar-refractivity contribution in [3.63, 3.8) is 0 Å². The van der Waals surface area contributed by atoms with Gasteiger partial charge in [0.15, 0.2) is 0 Å². The molecule has 2 aromatic heterocycles. The van der Waals surface area contributed by atoms with Crippen LogP contribution in [0, 0.1) is 0 Å². The molecule has 1 aliphatic heterocycles. The second-order valence-corrected chi connectivity index (χ2v) is 6.64. The van der Waals surface area contributed by atoms with Crippen molar-refractivity contribution in [1.82, 2.24) is 4.98 Å². The van der Waals surface area contributed by atoms with Crippen molar-refractivity contribution < 1.29 is 9.59 Å². The van der Waals surface area contributed by atoms with Gasteiger partial charge < -0.3 is 10.2 Å². The molecule has 3 heterocycles. The lowest BCUT2D eigenvalue weighted by Crippen LogP contribution is -2.28. The molecule has 0 atom stereocenters. The molecule has 4 rings (SSSR count). The number of carbonyl (C=O) groups is 2. The smallest absolute Gasteiger partial charge is 0.274 e. The lowest BCUT2D eigenvalue weighted by molar-refractivity contribution is 0.0991. The maximum absolute atomic E-state index is 12.7. The topological polar surface area (TPSA) is 62.3 Å². The van der Waals surface area contributed by atoms with E-state index in [9.17, 15) is 9.59 Å². The molecule has 2 amide bonds. The number of hydrogen-bond donors (Lipinski definition) is 1. The molecular weight excluding hydrogens is 334 g/mol. The third kappa shape index (κ3) is 3.04. The van der Waals surface area contributed by atoms with Crippen molar-refractivity contribution in [1.29, 1.82) is 0 Å². The van der Waals surface area contributed by atoms with E-state index in [1.807, 2.05) is 35.7 Å². The molecule has 0 bridgehead atoms. The number of anilines is 2. The number of benzene rings is 1. The van der Waals surface area contributed by atoms with Gasteiger partial charge in [-0.15, -0.1) is 11.3 Å². The number of nitrogens with one attached hydrogen (secondary N) is 1. The van der Waals surface area contributed by atoms with Crippen LogP contribution in [0.4, 0.5) is 11.4 Å². The van der Waals surface area contributed by atoms with Crippen LogP contribution in [0.3, 0.4) is 0 Å². The van der Waals surface area contributed by atoms with Gasteiger partial charge in [-0.25, -0.2) is 0 Å². The Kier molecular flexibility index (Phi) is 4.03. The van der Waals surface area contributed by atoms with Gasteiger partial charge in [0.1, 0.15) is 5.69 Å². The summed E-state index contributed by atoms with van der Waals surface area (Å²) >= 11 is 1.44. The van der Waals surface area contributed by atoms with Crippen LogP contribution in [-0.2, 0) is 6.42 Å². The van der Waals surface area contributed by atoms with E-state index in [4.69, 9.17) is 0 Å². The van der Waals surface area contributed by atoms with Crippen molar-refractivity contribution in [3.8, 4) is 0 Å². The first kappa shape index (κ1) is 15.5. The highest BCUT2D eigenvalue weighted by molar-refractivity contribution is 7.12. The van der Waals surface area contributed by atoms with E-state index in [-0.39, 0.29) is 11.8 Å². The van der Waals surface area contributed by atoms with Gasteiger partial charge >= 0.3 is 0 Å². The fourth-order valence-corrected chi connectivity index (χ4v) is 3.57. The predicted molar refractivity (Wildman–Crippen MR) is 98.3 cm³/mol. The Bertz CT molecular complexity index is 923. The first-order valence-electron chi connectivity index (χ1n) is 7.93. The van der Waals surface area contributed by atoms with Gasteiger partial charge in [0.05, 0.1) is 4.88 Å². The molecule has 1 aromatic carbocycles. The quantitative estimate of drug-likeness (QED) is 0.786. The van der Waals surface area contributed by atoms with Gasteiger partial charge in [0.25, 0.3) is 11.8 Å². The summed E-state index contributed by atoms with van der Waals surface area (Å²) in [6.07, 6.45) is 2.40. The molecule has 3 aromatic rings. The highest BCUT2D eigenvalue weighted by atomic mass is 32.1. The summed E-state index contributed by atoms with van der Waals surface area (Å²) in [5.41, 5.74) is 2.98. The number of aromatic nitrogens is 1. The van der Waals surface area contributed by atoms with Crippen LogP contribution in [0.25, 0.3) is 0 Å². The third-order valence-corrected chi connectivity index (χ3v) is 4.97. The third-order valence-electron chi connectivity index (χ3n) is 4.11. The summed E-state index contributed by atoms with van der Waals surface area (Å²) in [7, 11) is 0. The van der Waals surface area contributed by atoms with E-state index in [1.54, 1.807) is 29.3 Å². The van der Waals surface area contributed by atoms with Crippen LogP contribution < -0.4 is 10.2 Å². The van der Waals surface area contributed by atoms with Gasteiger partial charge in [-0.1, -0.05) is 18.2 Å². The van der Waals surface area contributed by atoms with E-state index < -0.39 is 0 Å². The molecule has 0 unspecified atom stereocenters. The number of amides is 2. The van der Waals surface area contributed by atoms with Gasteiger partial charge in [-0.2, -0.15) is 0 Å². The Balaban J connectivity index is 1.58. The van der Waals surface area contributed by atoms with Crippen molar-refractivity contribution in [2.75, 3.05) is 16.8 Å². The lowest BCUT2D eigenvalue weighted by atomic mass is 10.1. The van der Waals surface area contributed by atoms with Crippen LogP contribution in [0.5, 0.6) is 0 Å². The van der Waals surface area contributed by atoms with Gasteiger partial charge in [-0.05, 0) is 47.7 Å². The molecule has 25 heavy (non-hydrogen) atoms. The summed E-state index contributed by atoms with van der Waals surface area (Å²) in [4.78, 5) is 31.5. The zero-order valence-electron chi connectivity index (χ0n) is 13.3. The monoisotopic (exact) mass is 349 g/mol. The fraction of sp³-hybridized carbons (Fsp3) is 0.105. The van der Waals surface area contributed by atoms with Gasteiger partial charge in [0.2, 0.25) is 0 Å². The highest BCUT2D eigenvalue weighted by Crippen LogP contribution is 2.32. The van der Waals surface area contributed by atoms with Crippen LogP contribution in [0.2, 0.25) is 0 Å². The van der Waals surface area contributed by atoms with Crippen LogP contribution in [-0.4, -0.2) is 23.3 Å². The van der Waals surface area contributed by atoms with Crippen molar-refractivity contribution in [2.24, 2.45) is 0 Å². The van der Waals surface area contributed by atoms with Crippen molar-refractivity contribution in [3.05, 3.63) is 76.2 Å². The molecule has 1 aliphatic rings. The zero-order chi connectivity index (χ0) is 17.2. The Labute approximate surface area is 148 Å². The molecule has 1 N–H and O–H groups in total. The Morgan fingerprint density at radius 1 is 1.12 bits per heavy atom. The van der Waals surface area contributed by atoms with E-state index in [0.717, 1.165) is 22.5 Å². The predicted octanol–water partition coefficient (Wildman–Crippen LogP) is 3.60. The van der Waals surface area contributed by atoms with E-state index in [0.29, 0.717) is 17.9 Å². The largest absolute Gasteiger partial charge is 0.321 e. The number of carbonyl (C=O) groups excluding carboxylic acids is 2. The Hall–Kier alpha value is -2.99. The van der Waals surface area contributed by atoms with E-state index >= 15 is 0 Å². The maximum Gasteiger partial charge on any atom is 0.274 e. The summed E-state index contributed by atoms with van der Waals surface area (Å²) < 4.78 is 0. The molecule has 0 fully saturated rings. The number of pyridine rings is 1. The normalized spacial score (nSPS) is 12.7.